The lowest BCUT2D eigenvalue weighted by Crippen LogP contribution is -2.70. The molecule has 0 rings (SSSR count). The first-order valence-electron chi connectivity index (χ1n) is 8.32. The average Bonchev–Trinajstić information content (AvgIpc) is 2.63. The fourth-order valence-electron chi connectivity index (χ4n) is 1.87. The Kier molecular flexibility index (Phi) is 9.11. The van der Waals surface area contributed by atoms with Gasteiger partial charge in [-0.05, 0) is 6.42 Å². The number of alkyl halides is 12. The molecule has 0 aliphatic rings. The highest BCUT2D eigenvalue weighted by atomic mass is 19.4. The zero-order valence-electron chi connectivity index (χ0n) is 16.0. The molecule has 0 aromatic rings. The van der Waals surface area contributed by atoms with Crippen molar-refractivity contribution in [3.8, 4) is 0 Å². The van der Waals surface area contributed by atoms with Gasteiger partial charge in [0.05, 0.1) is 19.6 Å². The Hall–Kier alpha value is -2.16. The van der Waals surface area contributed by atoms with Crippen LogP contribution in [-0.4, -0.2) is 60.7 Å². The van der Waals surface area contributed by atoms with Crippen molar-refractivity contribution in [2.24, 2.45) is 0 Å². The molecule has 0 heterocycles. The van der Waals surface area contributed by atoms with Gasteiger partial charge in [0.1, 0.15) is 0 Å². The third kappa shape index (κ3) is 5.79. The van der Waals surface area contributed by atoms with Gasteiger partial charge in [-0.1, -0.05) is 6.58 Å². The minimum atomic E-state index is -7.65. The van der Waals surface area contributed by atoms with E-state index in [4.69, 9.17) is 0 Å². The predicted octanol–water partition coefficient (Wildman–Crippen LogP) is 5.26. The molecule has 4 nitrogen and oxygen atoms in total. The molecule has 32 heavy (non-hydrogen) atoms. The molecule has 0 aliphatic heterocycles. The number of halogens is 12. The van der Waals surface area contributed by atoms with E-state index in [1.807, 2.05) is 0 Å². The van der Waals surface area contributed by atoms with Crippen LogP contribution >= 0.6 is 0 Å². The smallest absolute Gasteiger partial charge is 0.384 e. The Bertz CT molecular complexity index is 685. The predicted molar refractivity (Wildman–Crippen MR) is 81.3 cm³/mol. The third-order valence-corrected chi connectivity index (χ3v) is 3.81. The highest BCUT2D eigenvalue weighted by Gasteiger charge is 2.89. The molecular weight excluding hydrogens is 484 g/mol. The van der Waals surface area contributed by atoms with Gasteiger partial charge >= 0.3 is 47.5 Å². The number of rotatable bonds is 13. The maximum absolute atomic E-state index is 13.5. The number of ether oxygens (including phenoxy) is 2. The van der Waals surface area contributed by atoms with Gasteiger partial charge in [0.2, 0.25) is 0 Å². The molecule has 0 N–H and O–H groups in total. The molecule has 0 saturated heterocycles. The van der Waals surface area contributed by atoms with Gasteiger partial charge in [0.25, 0.3) is 0 Å². The van der Waals surface area contributed by atoms with Crippen molar-refractivity contribution in [3.63, 3.8) is 0 Å². The monoisotopic (exact) mass is 500 g/mol. The van der Waals surface area contributed by atoms with Crippen LogP contribution in [0.3, 0.4) is 0 Å². The molecule has 0 aromatic heterocycles. The molecule has 0 amide bonds. The zero-order valence-corrected chi connectivity index (χ0v) is 16.0. The van der Waals surface area contributed by atoms with Crippen molar-refractivity contribution >= 4 is 11.9 Å². The first-order valence-corrected chi connectivity index (χ1v) is 8.32. The quantitative estimate of drug-likeness (QED) is 0.150. The Balaban J connectivity index is 5.22. The number of carbonyl (C=O) groups is 2. The van der Waals surface area contributed by atoms with E-state index in [0.29, 0.717) is 0 Å². The van der Waals surface area contributed by atoms with Crippen LogP contribution in [0.4, 0.5) is 52.7 Å². The summed E-state index contributed by atoms with van der Waals surface area (Å²) in [6.07, 6.45) is -2.68. The molecule has 0 unspecified atom stereocenters. The van der Waals surface area contributed by atoms with E-state index in [0.717, 1.165) is 6.08 Å². The summed E-state index contributed by atoms with van der Waals surface area (Å²) < 4.78 is 167. The van der Waals surface area contributed by atoms with Crippen molar-refractivity contribution in [3.05, 3.63) is 12.7 Å². The van der Waals surface area contributed by atoms with Gasteiger partial charge in [-0.2, -0.15) is 52.7 Å². The molecule has 0 fully saturated rings. The number of hydrogen-bond acceptors (Lipinski definition) is 4. The van der Waals surface area contributed by atoms with Crippen LogP contribution in [-0.2, 0) is 19.1 Å². The van der Waals surface area contributed by atoms with Crippen LogP contribution in [0.25, 0.3) is 0 Å². The third-order valence-electron chi connectivity index (χ3n) is 3.81. The average molecular weight is 500 g/mol. The van der Waals surface area contributed by atoms with E-state index in [1.165, 1.54) is 0 Å². The Morgan fingerprint density at radius 2 is 1.22 bits per heavy atom. The summed E-state index contributed by atoms with van der Waals surface area (Å²) in [5.41, 5.74) is 0. The Morgan fingerprint density at radius 1 is 0.750 bits per heavy atom. The Morgan fingerprint density at radius 3 is 1.66 bits per heavy atom. The fourth-order valence-corrected chi connectivity index (χ4v) is 1.87. The van der Waals surface area contributed by atoms with Crippen LogP contribution in [0.15, 0.2) is 12.7 Å². The largest absolute Gasteiger partial charge is 0.465 e. The van der Waals surface area contributed by atoms with Gasteiger partial charge in [-0.3, -0.25) is 4.79 Å². The van der Waals surface area contributed by atoms with E-state index < -0.39 is 73.8 Å². The van der Waals surface area contributed by atoms with E-state index >= 15 is 0 Å². The fraction of sp³-hybridized carbons (Fsp3) is 0.750. The lowest BCUT2D eigenvalue weighted by atomic mass is 9.91. The molecule has 0 saturated carbocycles. The maximum Gasteiger partial charge on any atom is 0.384 e. The van der Waals surface area contributed by atoms with Crippen LogP contribution in [0.2, 0.25) is 0 Å². The molecule has 0 atom stereocenters. The van der Waals surface area contributed by atoms with Crippen LogP contribution in [0, 0.1) is 0 Å². The van der Waals surface area contributed by atoms with Crippen molar-refractivity contribution in [2.75, 3.05) is 13.2 Å². The summed E-state index contributed by atoms with van der Waals surface area (Å²) in [5, 5.41) is 0. The molecule has 0 radical (unpaired) electrons. The second-order valence-electron chi connectivity index (χ2n) is 6.34. The zero-order chi connectivity index (χ0) is 25.8. The van der Waals surface area contributed by atoms with Gasteiger partial charge in [-0.25, -0.2) is 4.79 Å². The lowest BCUT2D eigenvalue weighted by Gasteiger charge is -2.40. The van der Waals surface area contributed by atoms with Crippen LogP contribution in [0.5, 0.6) is 0 Å². The minimum Gasteiger partial charge on any atom is -0.465 e. The summed E-state index contributed by atoms with van der Waals surface area (Å²) in [4.78, 5) is 21.9. The lowest BCUT2D eigenvalue weighted by molar-refractivity contribution is -0.423. The standard InChI is InChI=1S/C16H16F12O4/c1-3-9(29)31-7-4-5-10(30)32-8-6-12(19,20)14(23,24)16(27,28)15(25,26)13(21,22)11(2,17)18/h3H,1,4-8H2,2H3. The topological polar surface area (TPSA) is 52.6 Å². The second-order valence-corrected chi connectivity index (χ2v) is 6.34. The highest BCUT2D eigenvalue weighted by Crippen LogP contribution is 2.60. The SMILES string of the molecule is C=CC(=O)OCCCC(=O)OCCC(F)(F)C(F)(F)C(F)(F)C(F)(F)C(F)(F)C(C)(F)F. The van der Waals surface area contributed by atoms with Gasteiger partial charge in [-0.15, -0.1) is 0 Å². The summed E-state index contributed by atoms with van der Waals surface area (Å²) in [6, 6.07) is 0. The second kappa shape index (κ2) is 9.77. The maximum atomic E-state index is 13.5. The number of carbonyl (C=O) groups excluding carboxylic acids is 2. The van der Waals surface area contributed by atoms with Crippen LogP contribution < -0.4 is 0 Å². The highest BCUT2D eigenvalue weighted by molar-refractivity contribution is 5.81. The van der Waals surface area contributed by atoms with E-state index in [9.17, 15) is 62.3 Å². The van der Waals surface area contributed by atoms with Gasteiger partial charge in [0, 0.05) is 19.4 Å². The van der Waals surface area contributed by atoms with Crippen molar-refractivity contribution < 1.29 is 71.7 Å². The molecular formula is C16H16F12O4. The molecule has 0 aliphatic carbocycles. The van der Waals surface area contributed by atoms with E-state index in [2.05, 4.69) is 16.1 Å². The first kappa shape index (κ1) is 29.8. The minimum absolute atomic E-state index is 0.254. The molecule has 188 valence electrons. The summed E-state index contributed by atoms with van der Waals surface area (Å²) in [5.74, 6) is -44.1. The molecule has 0 bridgehead atoms. The number of hydrogen-bond donors (Lipinski definition) is 0. The summed E-state index contributed by atoms with van der Waals surface area (Å²) in [6.45, 7) is -0.0944. The summed E-state index contributed by atoms with van der Waals surface area (Å²) >= 11 is 0. The Labute approximate surface area is 172 Å². The molecule has 16 heteroatoms. The normalized spacial score (nSPS) is 14.2. The van der Waals surface area contributed by atoms with Crippen LogP contribution in [0.1, 0.15) is 26.2 Å². The van der Waals surface area contributed by atoms with Gasteiger partial charge < -0.3 is 9.47 Å². The van der Waals surface area contributed by atoms with E-state index in [1.54, 1.807) is 0 Å². The number of esters is 2. The van der Waals surface area contributed by atoms with Gasteiger partial charge in [0.15, 0.2) is 0 Å². The molecule has 0 aromatic carbocycles. The first-order chi connectivity index (χ1) is 14.1. The summed E-state index contributed by atoms with van der Waals surface area (Å²) in [7, 11) is 0. The van der Waals surface area contributed by atoms with Crippen molar-refractivity contribution in [2.45, 2.75) is 61.7 Å². The van der Waals surface area contributed by atoms with Crippen molar-refractivity contribution in [1.82, 2.24) is 0 Å². The molecule has 0 spiro atoms. The van der Waals surface area contributed by atoms with E-state index in [-0.39, 0.29) is 13.0 Å². The van der Waals surface area contributed by atoms with Crippen molar-refractivity contribution in [1.29, 1.82) is 0 Å².